The number of benzene rings is 1. The first kappa shape index (κ1) is 42.7. The molecule has 1 saturated carbocycles. The summed E-state index contributed by atoms with van der Waals surface area (Å²) < 4.78 is 23.0. The molecule has 4 fully saturated rings. The van der Waals surface area contributed by atoms with E-state index in [-0.39, 0.29) is 35.8 Å². The molecule has 9 rings (SSSR count). The number of nitrogens with zero attached hydrogens (tertiary/aromatic N) is 9. The molecule has 0 bridgehead atoms. The Kier molecular flexibility index (Phi) is 12.6. The van der Waals surface area contributed by atoms with E-state index in [2.05, 4.69) is 61.5 Å². The fraction of sp³-hybridized carbons (Fsp3) is 0.553. The minimum Gasteiger partial charge on any atom is -0.383 e. The van der Waals surface area contributed by atoms with Crippen LogP contribution in [-0.2, 0) is 9.59 Å². The average Bonchev–Trinajstić information content (AvgIpc) is 3.78. The first-order valence-electron chi connectivity index (χ1n) is 23.2. The molecule has 0 radical (unpaired) electrons. The largest absolute Gasteiger partial charge is 0.383 e. The molecule has 7 heterocycles. The summed E-state index contributed by atoms with van der Waals surface area (Å²) in [6.07, 6.45) is 14.1. The third-order valence-electron chi connectivity index (χ3n) is 13.4. The molecule has 4 aliphatic rings. The van der Waals surface area contributed by atoms with Crippen molar-refractivity contribution in [3.05, 3.63) is 60.0 Å². The number of pyridine rings is 1. The van der Waals surface area contributed by atoms with Crippen molar-refractivity contribution in [3.8, 4) is 22.6 Å². The van der Waals surface area contributed by atoms with E-state index in [4.69, 9.17) is 20.3 Å². The van der Waals surface area contributed by atoms with Crippen molar-refractivity contribution in [3.63, 3.8) is 0 Å². The Morgan fingerprint density at radius 3 is 2.41 bits per heavy atom. The van der Waals surface area contributed by atoms with E-state index in [0.717, 1.165) is 121 Å². The number of anilines is 3. The molecule has 4 N–H and O–H groups in total. The highest BCUT2D eigenvalue weighted by Gasteiger charge is 2.36. The van der Waals surface area contributed by atoms with Crippen LogP contribution >= 0.6 is 0 Å². The lowest BCUT2D eigenvalue weighted by Gasteiger charge is -2.36. The third-order valence-corrected chi connectivity index (χ3v) is 13.4. The van der Waals surface area contributed by atoms with Crippen LogP contribution in [0.2, 0.25) is 0 Å². The number of aromatic nitrogens is 6. The molecule has 2 unspecified atom stereocenters. The second kappa shape index (κ2) is 18.6. The second-order valence-electron chi connectivity index (χ2n) is 18.4. The number of likely N-dealkylation sites (tertiary alicyclic amines) is 1. The Labute approximate surface area is 368 Å². The predicted molar refractivity (Wildman–Crippen MR) is 242 cm³/mol. The molecule has 2 atom stereocenters. The van der Waals surface area contributed by atoms with E-state index < -0.39 is 0 Å². The summed E-state index contributed by atoms with van der Waals surface area (Å²) in [5.74, 6) is 1.82. The summed E-state index contributed by atoms with van der Waals surface area (Å²) in [6, 6.07) is 9.31. The van der Waals surface area contributed by atoms with Gasteiger partial charge in [-0.05, 0) is 108 Å². The van der Waals surface area contributed by atoms with Gasteiger partial charge < -0.3 is 30.7 Å². The highest BCUT2D eigenvalue weighted by molar-refractivity contribution is 6.00. The van der Waals surface area contributed by atoms with E-state index >= 15 is 4.39 Å². The SMILES string of the molecule is CC1CC(Nc2ccc(N3CCN(CCCCCCCC(=O)N4CCC(c5ccc(-c6c(-c7nn(C(C)C)c8ncnc(N)c78)noc6C6CC6)nc5)CC4)CC3)c(F)c2)C(=O)N1. The lowest BCUT2D eigenvalue weighted by atomic mass is 9.90. The van der Waals surface area contributed by atoms with E-state index in [1.165, 1.54) is 18.0 Å². The molecule has 4 aromatic heterocycles. The van der Waals surface area contributed by atoms with Gasteiger partial charge >= 0.3 is 0 Å². The van der Waals surface area contributed by atoms with Crippen molar-refractivity contribution in [2.75, 3.05) is 61.8 Å². The van der Waals surface area contributed by atoms with Gasteiger partial charge in [0.25, 0.3) is 0 Å². The molecular formula is C47H61FN12O3. The van der Waals surface area contributed by atoms with Crippen LogP contribution in [0, 0.1) is 5.82 Å². The van der Waals surface area contributed by atoms with E-state index in [0.29, 0.717) is 64.3 Å². The highest BCUT2D eigenvalue weighted by atomic mass is 19.1. The molecule has 0 spiro atoms. The molecule has 63 heavy (non-hydrogen) atoms. The first-order chi connectivity index (χ1) is 30.6. The average molecular weight is 861 g/mol. The second-order valence-corrected chi connectivity index (χ2v) is 18.4. The zero-order valence-electron chi connectivity index (χ0n) is 36.9. The summed E-state index contributed by atoms with van der Waals surface area (Å²) in [5.41, 5.74) is 12.4. The zero-order valence-corrected chi connectivity index (χ0v) is 36.9. The molecule has 1 aromatic carbocycles. The number of carbonyl (C=O) groups excluding carboxylic acids is 2. The molecule has 334 valence electrons. The number of nitrogens with one attached hydrogen (secondary N) is 2. The molecule has 5 aromatic rings. The maximum absolute atomic E-state index is 15.1. The van der Waals surface area contributed by atoms with Crippen LogP contribution in [0.15, 0.2) is 47.4 Å². The number of carbonyl (C=O) groups is 2. The van der Waals surface area contributed by atoms with Gasteiger partial charge in [-0.2, -0.15) is 5.10 Å². The molecule has 16 heteroatoms. The number of piperazine rings is 1. The van der Waals surface area contributed by atoms with Gasteiger partial charge in [0.1, 0.15) is 41.2 Å². The van der Waals surface area contributed by atoms with Gasteiger partial charge in [0.15, 0.2) is 5.65 Å². The quantitative estimate of drug-likeness (QED) is 0.0847. The summed E-state index contributed by atoms with van der Waals surface area (Å²) >= 11 is 0. The fourth-order valence-corrected chi connectivity index (χ4v) is 9.67. The number of amides is 2. The van der Waals surface area contributed by atoms with Gasteiger partial charge in [0.2, 0.25) is 11.8 Å². The molecule has 15 nitrogen and oxygen atoms in total. The molecular weight excluding hydrogens is 800 g/mol. The zero-order chi connectivity index (χ0) is 43.6. The summed E-state index contributed by atoms with van der Waals surface area (Å²) in [5, 5.41) is 16.2. The molecule has 3 saturated heterocycles. The normalized spacial score (nSPS) is 20.0. The summed E-state index contributed by atoms with van der Waals surface area (Å²) in [4.78, 5) is 45.6. The maximum atomic E-state index is 15.1. The minimum absolute atomic E-state index is 0.0350. The number of nitrogens with two attached hydrogens (primary N) is 1. The number of hydrogen-bond donors (Lipinski definition) is 3. The number of hydrogen-bond acceptors (Lipinski definition) is 12. The maximum Gasteiger partial charge on any atom is 0.242 e. The standard InChI is InChI=1S/C47H61FN12O3/c1-29(2)60-46-41(45(49)51-28-52-46)42(55-60)43-40(44(63-56-43)32-10-11-32)36-14-12-33(27-50-36)31-16-19-59(20-17-31)39(61)9-7-5-4-6-8-18-57-21-23-58(24-22-57)38-15-13-34(26-35(38)48)54-37-25-30(3)53-47(37)62/h12-15,26-32,37,54H,4-11,16-25H2,1-3H3,(H,53,62)(H2,49,51,52). The van der Waals surface area contributed by atoms with Crippen molar-refractivity contribution in [2.24, 2.45) is 0 Å². The molecule has 1 aliphatic carbocycles. The number of halogens is 1. The lowest BCUT2D eigenvalue weighted by Crippen LogP contribution is -2.46. The van der Waals surface area contributed by atoms with Crippen LogP contribution in [0.25, 0.3) is 33.7 Å². The van der Waals surface area contributed by atoms with Gasteiger partial charge in [-0.15, -0.1) is 0 Å². The van der Waals surface area contributed by atoms with Crippen LogP contribution in [0.4, 0.5) is 21.6 Å². The van der Waals surface area contributed by atoms with Gasteiger partial charge in [-0.3, -0.25) is 19.5 Å². The number of rotatable bonds is 16. The molecule has 2 amide bonds. The number of piperidine rings is 1. The predicted octanol–water partition coefficient (Wildman–Crippen LogP) is 7.28. The van der Waals surface area contributed by atoms with Gasteiger partial charge in [-0.1, -0.05) is 30.5 Å². The van der Waals surface area contributed by atoms with Crippen molar-refractivity contribution in [1.82, 2.24) is 45.0 Å². The van der Waals surface area contributed by atoms with E-state index in [9.17, 15) is 9.59 Å². The van der Waals surface area contributed by atoms with Crippen molar-refractivity contribution < 1.29 is 18.5 Å². The minimum atomic E-state index is -0.320. The van der Waals surface area contributed by atoms with Gasteiger partial charge in [0.05, 0.1) is 22.3 Å². The Hall–Kier alpha value is -5.64. The number of fused-ring (bicyclic) bond motifs is 1. The third kappa shape index (κ3) is 9.36. The Morgan fingerprint density at radius 1 is 0.937 bits per heavy atom. The van der Waals surface area contributed by atoms with Crippen LogP contribution < -0.4 is 21.3 Å². The highest BCUT2D eigenvalue weighted by Crippen LogP contribution is 2.48. The summed E-state index contributed by atoms with van der Waals surface area (Å²) in [7, 11) is 0. The van der Waals surface area contributed by atoms with Crippen LogP contribution in [0.3, 0.4) is 0 Å². The number of nitrogen functional groups attached to an aromatic ring is 1. The molecule has 3 aliphatic heterocycles. The van der Waals surface area contributed by atoms with Crippen molar-refractivity contribution in [2.45, 2.75) is 121 Å². The van der Waals surface area contributed by atoms with Crippen LogP contribution in [0.5, 0.6) is 0 Å². The van der Waals surface area contributed by atoms with Gasteiger partial charge in [-0.25, -0.2) is 19.0 Å². The topological polar surface area (TPSA) is 176 Å². The Bertz CT molecular complexity index is 2400. The Morgan fingerprint density at radius 2 is 1.71 bits per heavy atom. The monoisotopic (exact) mass is 860 g/mol. The van der Waals surface area contributed by atoms with Crippen molar-refractivity contribution >= 4 is 40.0 Å². The lowest BCUT2D eigenvalue weighted by molar-refractivity contribution is -0.132. The fourth-order valence-electron chi connectivity index (χ4n) is 9.67. The summed E-state index contributed by atoms with van der Waals surface area (Å²) in [6.45, 7) is 12.1. The van der Waals surface area contributed by atoms with Crippen LogP contribution in [0.1, 0.15) is 121 Å². The van der Waals surface area contributed by atoms with E-state index in [1.54, 1.807) is 0 Å². The van der Waals surface area contributed by atoms with Crippen LogP contribution in [-0.4, -0.2) is 109 Å². The Balaban J connectivity index is 0.687. The van der Waals surface area contributed by atoms with E-state index in [1.807, 2.05) is 34.8 Å². The van der Waals surface area contributed by atoms with Gasteiger partial charge in [0, 0.05) is 75.6 Å². The number of unbranched alkanes of at least 4 members (excludes halogenated alkanes) is 4. The smallest absolute Gasteiger partial charge is 0.242 e. The van der Waals surface area contributed by atoms with Crippen molar-refractivity contribution in [1.29, 1.82) is 0 Å². The first-order valence-corrected chi connectivity index (χ1v) is 23.2.